The van der Waals surface area contributed by atoms with Gasteiger partial charge in [-0.3, -0.25) is 4.18 Å². The second-order valence-electron chi connectivity index (χ2n) is 2.77. The highest BCUT2D eigenvalue weighted by atomic mass is 32.2. The molecule has 0 bridgehead atoms. The van der Waals surface area contributed by atoms with Crippen LogP contribution in [0.4, 0.5) is 0 Å². The summed E-state index contributed by atoms with van der Waals surface area (Å²) in [5.74, 6) is 0.331. The minimum atomic E-state index is -3.50. The zero-order chi connectivity index (χ0) is 8.70. The normalized spacial score (nSPS) is 26.3. The predicted octanol–water partition coefficient (Wildman–Crippen LogP) is 0.613. The minimum Gasteiger partial charge on any atom is -0.497 e. The molecule has 0 saturated carbocycles. The molecule has 0 atom stereocenters. The summed E-state index contributed by atoms with van der Waals surface area (Å²) >= 11 is 0. The first-order valence-corrected chi connectivity index (χ1v) is 4.56. The molecule has 0 spiro atoms. The molecule has 5 heteroatoms. The van der Waals surface area contributed by atoms with Gasteiger partial charge in [0.25, 0.3) is 10.1 Å². The van der Waals surface area contributed by atoms with Crippen LogP contribution in [0.5, 0.6) is 0 Å². The van der Waals surface area contributed by atoms with Crippen molar-refractivity contribution in [2.75, 3.05) is 7.11 Å². The fraction of sp³-hybridized carbons (Fsp3) is 0.667. The second kappa shape index (κ2) is 2.22. The largest absolute Gasteiger partial charge is 0.497 e. The summed E-state index contributed by atoms with van der Waals surface area (Å²) in [6.07, 6.45) is 0. The van der Waals surface area contributed by atoms with Crippen LogP contribution in [-0.2, 0) is 19.0 Å². The lowest BCUT2D eigenvalue weighted by atomic mass is 10.1. The SMILES string of the molecule is COC1=CS(=O)(=O)OC1(C)C. The van der Waals surface area contributed by atoms with Crippen LogP contribution >= 0.6 is 0 Å². The Morgan fingerprint density at radius 3 is 2.27 bits per heavy atom. The fourth-order valence-electron chi connectivity index (χ4n) is 0.922. The monoisotopic (exact) mass is 178 g/mol. The van der Waals surface area contributed by atoms with E-state index in [1.54, 1.807) is 13.8 Å². The first-order chi connectivity index (χ1) is 4.87. The van der Waals surface area contributed by atoms with Crippen molar-refractivity contribution in [2.45, 2.75) is 19.4 Å². The molecule has 0 radical (unpaired) electrons. The highest BCUT2D eigenvalue weighted by Gasteiger charge is 2.38. The van der Waals surface area contributed by atoms with Crippen molar-refractivity contribution in [3.63, 3.8) is 0 Å². The molecule has 11 heavy (non-hydrogen) atoms. The summed E-state index contributed by atoms with van der Waals surface area (Å²) < 4.78 is 31.2. The average Bonchev–Trinajstić information content (AvgIpc) is 1.99. The van der Waals surface area contributed by atoms with Gasteiger partial charge in [0.15, 0.2) is 0 Å². The van der Waals surface area contributed by atoms with Crippen LogP contribution in [0.3, 0.4) is 0 Å². The second-order valence-corrected chi connectivity index (χ2v) is 4.16. The average molecular weight is 178 g/mol. The summed E-state index contributed by atoms with van der Waals surface area (Å²) in [5.41, 5.74) is -0.854. The molecule has 1 aliphatic rings. The maximum Gasteiger partial charge on any atom is 0.294 e. The van der Waals surface area contributed by atoms with Crippen molar-refractivity contribution in [3.05, 3.63) is 11.2 Å². The van der Waals surface area contributed by atoms with E-state index in [0.717, 1.165) is 5.41 Å². The minimum absolute atomic E-state index is 0.331. The van der Waals surface area contributed by atoms with Gasteiger partial charge in [0.1, 0.15) is 11.4 Å². The van der Waals surface area contributed by atoms with Gasteiger partial charge >= 0.3 is 0 Å². The van der Waals surface area contributed by atoms with E-state index >= 15 is 0 Å². The Labute approximate surface area is 65.9 Å². The summed E-state index contributed by atoms with van der Waals surface area (Å²) in [4.78, 5) is 0. The Kier molecular flexibility index (Phi) is 1.72. The van der Waals surface area contributed by atoms with Gasteiger partial charge in [0.2, 0.25) is 0 Å². The molecule has 4 nitrogen and oxygen atoms in total. The molecule has 0 amide bonds. The van der Waals surface area contributed by atoms with E-state index in [0.29, 0.717) is 5.76 Å². The van der Waals surface area contributed by atoms with Gasteiger partial charge < -0.3 is 4.74 Å². The van der Waals surface area contributed by atoms with Crippen LogP contribution in [0.2, 0.25) is 0 Å². The van der Waals surface area contributed by atoms with Gasteiger partial charge in [0, 0.05) is 0 Å². The molecule has 0 saturated heterocycles. The van der Waals surface area contributed by atoms with Gasteiger partial charge in [-0.15, -0.1) is 0 Å². The van der Waals surface area contributed by atoms with Crippen molar-refractivity contribution in [1.29, 1.82) is 0 Å². The Morgan fingerprint density at radius 1 is 1.55 bits per heavy atom. The molecule has 64 valence electrons. The van der Waals surface area contributed by atoms with Crippen LogP contribution in [0, 0.1) is 0 Å². The number of hydrogen-bond acceptors (Lipinski definition) is 4. The highest BCUT2D eigenvalue weighted by Crippen LogP contribution is 2.31. The van der Waals surface area contributed by atoms with E-state index in [1.807, 2.05) is 0 Å². The quantitative estimate of drug-likeness (QED) is 0.552. The highest BCUT2D eigenvalue weighted by molar-refractivity contribution is 7.90. The maximum atomic E-state index is 10.8. The van der Waals surface area contributed by atoms with Crippen LogP contribution in [0.1, 0.15) is 13.8 Å². The third-order valence-electron chi connectivity index (χ3n) is 1.39. The van der Waals surface area contributed by atoms with E-state index in [2.05, 4.69) is 0 Å². The summed E-state index contributed by atoms with van der Waals surface area (Å²) in [7, 11) is -2.09. The number of methoxy groups -OCH3 is 1. The molecule has 0 N–H and O–H groups in total. The van der Waals surface area contributed by atoms with E-state index < -0.39 is 15.7 Å². The van der Waals surface area contributed by atoms with Crippen molar-refractivity contribution >= 4 is 10.1 Å². The van der Waals surface area contributed by atoms with E-state index in [4.69, 9.17) is 8.92 Å². The van der Waals surface area contributed by atoms with Crippen molar-refractivity contribution < 1.29 is 17.3 Å². The molecule has 0 aromatic carbocycles. The molecule has 1 heterocycles. The first kappa shape index (κ1) is 8.55. The molecule has 0 unspecified atom stereocenters. The zero-order valence-corrected chi connectivity index (χ0v) is 7.44. The van der Waals surface area contributed by atoms with Crippen molar-refractivity contribution in [2.24, 2.45) is 0 Å². The Balaban J connectivity index is 3.09. The molecule has 0 aromatic rings. The first-order valence-electron chi connectivity index (χ1n) is 3.09. The third kappa shape index (κ3) is 1.54. The van der Waals surface area contributed by atoms with Gasteiger partial charge in [-0.05, 0) is 13.8 Å². The molecular formula is C6H10O4S. The topological polar surface area (TPSA) is 52.6 Å². The third-order valence-corrected chi connectivity index (χ3v) is 2.54. The van der Waals surface area contributed by atoms with E-state index in [1.165, 1.54) is 7.11 Å². The lowest BCUT2D eigenvalue weighted by molar-refractivity contribution is 0.0988. The lowest BCUT2D eigenvalue weighted by Gasteiger charge is -2.17. The lowest BCUT2D eigenvalue weighted by Crippen LogP contribution is -2.23. The Bertz CT molecular complexity index is 286. The predicted molar refractivity (Wildman–Crippen MR) is 39.2 cm³/mol. The van der Waals surface area contributed by atoms with Crippen molar-refractivity contribution in [1.82, 2.24) is 0 Å². The fourth-order valence-corrected chi connectivity index (χ4v) is 2.28. The van der Waals surface area contributed by atoms with E-state index in [9.17, 15) is 8.42 Å². The van der Waals surface area contributed by atoms with Crippen molar-refractivity contribution in [3.8, 4) is 0 Å². The molecule has 0 fully saturated rings. The summed E-state index contributed by atoms with van der Waals surface area (Å²) in [5, 5.41) is 0.993. The van der Waals surface area contributed by atoms with Crippen LogP contribution in [0.25, 0.3) is 0 Å². The zero-order valence-electron chi connectivity index (χ0n) is 6.62. The molecular weight excluding hydrogens is 168 g/mol. The Morgan fingerprint density at radius 2 is 2.09 bits per heavy atom. The molecule has 0 aliphatic carbocycles. The standard InChI is InChI=1S/C6H10O4S/c1-6(2)5(9-3)4-11(7,8)10-6/h4H,1-3H3. The van der Waals surface area contributed by atoms with Gasteiger partial charge in [-0.2, -0.15) is 8.42 Å². The number of hydrogen-bond donors (Lipinski definition) is 0. The molecule has 1 rings (SSSR count). The molecule has 0 aromatic heterocycles. The summed E-state index contributed by atoms with van der Waals surface area (Å²) in [6.45, 7) is 3.26. The van der Waals surface area contributed by atoms with Gasteiger partial charge in [-0.1, -0.05) is 0 Å². The van der Waals surface area contributed by atoms with Gasteiger partial charge in [-0.25, -0.2) is 0 Å². The van der Waals surface area contributed by atoms with Crippen LogP contribution in [0.15, 0.2) is 11.2 Å². The summed E-state index contributed by atoms with van der Waals surface area (Å²) in [6, 6.07) is 0. The molecule has 1 aliphatic heterocycles. The smallest absolute Gasteiger partial charge is 0.294 e. The van der Waals surface area contributed by atoms with Gasteiger partial charge in [0.05, 0.1) is 12.5 Å². The number of ether oxygens (including phenoxy) is 1. The van der Waals surface area contributed by atoms with Crippen LogP contribution < -0.4 is 0 Å². The number of rotatable bonds is 1. The van der Waals surface area contributed by atoms with Crippen LogP contribution in [-0.4, -0.2) is 21.1 Å². The maximum absolute atomic E-state index is 10.8. The Hall–Kier alpha value is -0.550. The van der Waals surface area contributed by atoms with E-state index in [-0.39, 0.29) is 0 Å².